The van der Waals surface area contributed by atoms with E-state index < -0.39 is 7.60 Å². The molecular formula is C25H33N2O3P. The molecule has 0 atom stereocenters. The molecule has 3 rings (SSSR count). The summed E-state index contributed by atoms with van der Waals surface area (Å²) in [7, 11) is -3.91. The lowest BCUT2D eigenvalue weighted by molar-refractivity contribution is 0.371. The van der Waals surface area contributed by atoms with Crippen molar-refractivity contribution in [1.29, 1.82) is 0 Å². The van der Waals surface area contributed by atoms with E-state index in [0.717, 1.165) is 23.9 Å². The van der Waals surface area contributed by atoms with Crippen LogP contribution in [0.5, 0.6) is 0 Å². The van der Waals surface area contributed by atoms with Crippen molar-refractivity contribution >= 4 is 18.5 Å². The molecule has 0 aliphatic carbocycles. The van der Waals surface area contributed by atoms with Gasteiger partial charge in [-0.15, -0.1) is 0 Å². The third kappa shape index (κ3) is 8.19. The topological polar surface area (TPSA) is 82.5 Å². The van der Waals surface area contributed by atoms with E-state index in [-0.39, 0.29) is 6.16 Å². The quantitative estimate of drug-likeness (QED) is 0.250. The zero-order valence-corrected chi connectivity index (χ0v) is 18.9. The minimum atomic E-state index is -3.91. The van der Waals surface area contributed by atoms with Crippen molar-refractivity contribution in [3.05, 3.63) is 77.5 Å². The molecule has 0 aliphatic rings. The molecule has 31 heavy (non-hydrogen) atoms. The molecule has 0 saturated carbocycles. The summed E-state index contributed by atoms with van der Waals surface area (Å²) < 4.78 is 10.9. The van der Waals surface area contributed by atoms with Gasteiger partial charge in [0.25, 0.3) is 0 Å². The number of hydrogen-bond donors (Lipinski definition) is 3. The monoisotopic (exact) mass is 440 g/mol. The van der Waals surface area contributed by atoms with Crippen molar-refractivity contribution in [1.82, 2.24) is 10.3 Å². The number of nitrogens with one attached hydrogen (secondary N) is 1. The lowest BCUT2D eigenvalue weighted by Crippen LogP contribution is -2.16. The Bertz CT molecular complexity index is 988. The summed E-state index contributed by atoms with van der Waals surface area (Å²) in [5.41, 5.74) is 4.91. The average molecular weight is 441 g/mol. The standard InChI is InChI=1S/C25H33N2O3P/c28-31(29,30)19-9-17-26-20-23-16-15-22(24-14-8-18-27-25(23)24)13-7-2-1-4-10-21-11-5-3-6-12-21/h3,5-6,8,11-12,14-16,18,26H,1-2,4,7,9-10,13,17,19-20H2,(H2,28,29,30). The Hall–Kier alpha value is -2.04. The van der Waals surface area contributed by atoms with Gasteiger partial charge in [-0.3, -0.25) is 9.55 Å². The van der Waals surface area contributed by atoms with Gasteiger partial charge in [-0.1, -0.05) is 61.4 Å². The molecule has 166 valence electrons. The van der Waals surface area contributed by atoms with Crippen molar-refractivity contribution in [3.8, 4) is 0 Å². The number of hydrogen-bond acceptors (Lipinski definition) is 3. The number of rotatable bonds is 13. The molecule has 0 saturated heterocycles. The minimum Gasteiger partial charge on any atom is -0.324 e. The number of aryl methyl sites for hydroxylation is 2. The highest BCUT2D eigenvalue weighted by molar-refractivity contribution is 7.51. The normalized spacial score (nSPS) is 11.8. The second-order valence-corrected chi connectivity index (χ2v) is 9.88. The first-order valence-electron chi connectivity index (χ1n) is 11.2. The van der Waals surface area contributed by atoms with Crippen molar-refractivity contribution in [2.24, 2.45) is 0 Å². The van der Waals surface area contributed by atoms with Crippen LogP contribution in [0.3, 0.4) is 0 Å². The molecule has 3 aromatic rings. The molecule has 3 N–H and O–H groups in total. The van der Waals surface area contributed by atoms with Crippen LogP contribution in [0.2, 0.25) is 0 Å². The summed E-state index contributed by atoms with van der Waals surface area (Å²) in [4.78, 5) is 22.5. The van der Waals surface area contributed by atoms with Gasteiger partial charge in [0, 0.05) is 18.1 Å². The summed E-state index contributed by atoms with van der Waals surface area (Å²) in [6, 6.07) is 19.2. The Kier molecular flexibility index (Phi) is 9.23. The van der Waals surface area contributed by atoms with Crippen LogP contribution in [0.25, 0.3) is 10.9 Å². The second-order valence-electron chi connectivity index (χ2n) is 8.10. The smallest absolute Gasteiger partial charge is 0.324 e. The molecule has 0 radical (unpaired) electrons. The van der Waals surface area contributed by atoms with Crippen LogP contribution in [0.1, 0.15) is 48.8 Å². The molecule has 0 fully saturated rings. The molecule has 6 heteroatoms. The maximum Gasteiger partial charge on any atom is 0.325 e. The van der Waals surface area contributed by atoms with Crippen LogP contribution >= 0.6 is 7.60 Å². The van der Waals surface area contributed by atoms with E-state index in [2.05, 4.69) is 58.8 Å². The fraction of sp³-hybridized carbons (Fsp3) is 0.400. The summed E-state index contributed by atoms with van der Waals surface area (Å²) >= 11 is 0. The molecule has 1 aromatic heterocycles. The number of fused-ring (bicyclic) bond motifs is 1. The van der Waals surface area contributed by atoms with Crippen LogP contribution in [-0.4, -0.2) is 27.5 Å². The number of pyridine rings is 1. The van der Waals surface area contributed by atoms with Crippen molar-refractivity contribution in [3.63, 3.8) is 0 Å². The Balaban J connectivity index is 1.47. The first-order valence-corrected chi connectivity index (χ1v) is 13.0. The zero-order chi connectivity index (χ0) is 21.9. The van der Waals surface area contributed by atoms with Gasteiger partial charge >= 0.3 is 7.60 Å². The molecule has 0 aliphatic heterocycles. The molecule has 2 aromatic carbocycles. The van der Waals surface area contributed by atoms with Crippen molar-refractivity contribution in [2.75, 3.05) is 12.7 Å². The van der Waals surface area contributed by atoms with E-state index >= 15 is 0 Å². The number of nitrogens with zero attached hydrogens (tertiary/aromatic N) is 1. The lowest BCUT2D eigenvalue weighted by atomic mass is 9.98. The summed E-state index contributed by atoms with van der Waals surface area (Å²) in [5.74, 6) is 0. The molecule has 0 spiro atoms. The summed E-state index contributed by atoms with van der Waals surface area (Å²) in [6.07, 6.45) is 9.32. The molecular weight excluding hydrogens is 407 g/mol. The van der Waals surface area contributed by atoms with E-state index in [9.17, 15) is 4.57 Å². The van der Waals surface area contributed by atoms with Gasteiger partial charge < -0.3 is 15.1 Å². The van der Waals surface area contributed by atoms with Gasteiger partial charge in [-0.25, -0.2) is 0 Å². The van der Waals surface area contributed by atoms with Gasteiger partial charge in [0.2, 0.25) is 0 Å². The first kappa shape index (κ1) is 23.6. The highest BCUT2D eigenvalue weighted by atomic mass is 31.2. The zero-order valence-electron chi connectivity index (χ0n) is 18.0. The highest BCUT2D eigenvalue weighted by Crippen LogP contribution is 2.34. The van der Waals surface area contributed by atoms with Crippen LogP contribution < -0.4 is 5.32 Å². The predicted molar refractivity (Wildman–Crippen MR) is 127 cm³/mol. The predicted octanol–water partition coefficient (Wildman–Crippen LogP) is 5.24. The van der Waals surface area contributed by atoms with Crippen LogP contribution in [0, 0.1) is 0 Å². The molecule has 0 bridgehead atoms. The van der Waals surface area contributed by atoms with E-state index in [4.69, 9.17) is 9.79 Å². The molecule has 0 unspecified atom stereocenters. The van der Waals surface area contributed by atoms with E-state index in [0.29, 0.717) is 19.5 Å². The SMILES string of the molecule is O=P(O)(O)CCCNCc1ccc(CCCCCCc2ccccc2)c2cccnc12. The fourth-order valence-electron chi connectivity index (χ4n) is 3.93. The first-order chi connectivity index (χ1) is 15.0. The third-order valence-corrected chi connectivity index (χ3v) is 6.47. The molecule has 0 amide bonds. The van der Waals surface area contributed by atoms with E-state index in [1.54, 1.807) is 0 Å². The minimum absolute atomic E-state index is 0.0801. The Labute approximate surface area is 185 Å². The van der Waals surface area contributed by atoms with E-state index in [1.165, 1.54) is 42.2 Å². The second kappa shape index (κ2) is 12.1. The Morgan fingerprint density at radius 3 is 2.32 bits per heavy atom. The molecule has 1 heterocycles. The van der Waals surface area contributed by atoms with Gasteiger partial charge in [-0.05, 0) is 61.4 Å². The van der Waals surface area contributed by atoms with Gasteiger partial charge in [-0.2, -0.15) is 0 Å². The summed E-state index contributed by atoms with van der Waals surface area (Å²) in [5, 5.41) is 4.49. The average Bonchev–Trinajstić information content (AvgIpc) is 2.76. The van der Waals surface area contributed by atoms with Gasteiger partial charge in [0.15, 0.2) is 0 Å². The summed E-state index contributed by atoms with van der Waals surface area (Å²) in [6.45, 7) is 1.22. The van der Waals surface area contributed by atoms with Crippen molar-refractivity contribution in [2.45, 2.75) is 51.5 Å². The largest absolute Gasteiger partial charge is 0.325 e. The number of unbranched alkanes of at least 4 members (excludes halogenated alkanes) is 3. The Morgan fingerprint density at radius 2 is 1.55 bits per heavy atom. The molecule has 5 nitrogen and oxygen atoms in total. The van der Waals surface area contributed by atoms with Gasteiger partial charge in [0.05, 0.1) is 11.7 Å². The number of aromatic nitrogens is 1. The fourth-order valence-corrected chi connectivity index (χ4v) is 4.50. The van der Waals surface area contributed by atoms with Crippen LogP contribution in [0.15, 0.2) is 60.8 Å². The Morgan fingerprint density at radius 1 is 0.806 bits per heavy atom. The van der Waals surface area contributed by atoms with Crippen molar-refractivity contribution < 1.29 is 14.4 Å². The third-order valence-electron chi connectivity index (χ3n) is 5.57. The van der Waals surface area contributed by atoms with Crippen LogP contribution in [-0.2, 0) is 24.0 Å². The van der Waals surface area contributed by atoms with Crippen LogP contribution in [0.4, 0.5) is 0 Å². The number of benzene rings is 2. The maximum absolute atomic E-state index is 10.9. The van der Waals surface area contributed by atoms with E-state index in [1.807, 2.05) is 12.3 Å². The maximum atomic E-state index is 10.9. The lowest BCUT2D eigenvalue weighted by Gasteiger charge is -2.12. The highest BCUT2D eigenvalue weighted by Gasteiger charge is 2.11. The van der Waals surface area contributed by atoms with Gasteiger partial charge in [0.1, 0.15) is 0 Å².